The van der Waals surface area contributed by atoms with Crippen LogP contribution in [0.15, 0.2) is 48.0 Å². The Bertz CT molecular complexity index is 1070. The Balaban J connectivity index is 1.22. The molecule has 0 saturated carbocycles. The van der Waals surface area contributed by atoms with Gasteiger partial charge in [-0.15, -0.1) is 11.3 Å². The molecule has 0 aliphatic carbocycles. The Hall–Kier alpha value is -3.13. The zero-order chi connectivity index (χ0) is 20.1. The van der Waals surface area contributed by atoms with E-state index in [1.807, 2.05) is 24.3 Å². The number of halogens is 1. The van der Waals surface area contributed by atoms with Gasteiger partial charge in [0.25, 0.3) is 5.91 Å². The number of para-hydroxylation sites is 2. The van der Waals surface area contributed by atoms with Gasteiger partial charge in [-0.25, -0.2) is 14.4 Å². The molecule has 0 spiro atoms. The molecule has 0 aliphatic heterocycles. The van der Waals surface area contributed by atoms with Crippen LogP contribution >= 0.6 is 11.3 Å². The van der Waals surface area contributed by atoms with Crippen molar-refractivity contribution in [2.24, 2.45) is 0 Å². The zero-order valence-electron chi connectivity index (χ0n) is 15.7. The molecule has 6 nitrogen and oxygen atoms in total. The van der Waals surface area contributed by atoms with Gasteiger partial charge >= 0.3 is 0 Å². The third-order valence-electron chi connectivity index (χ3n) is 4.50. The molecule has 0 fully saturated rings. The van der Waals surface area contributed by atoms with Crippen molar-refractivity contribution < 1.29 is 9.18 Å². The summed E-state index contributed by atoms with van der Waals surface area (Å²) >= 11 is 1.49. The van der Waals surface area contributed by atoms with E-state index in [1.54, 1.807) is 11.4 Å². The number of aromatic nitrogens is 4. The average Bonchev–Trinajstić information content (AvgIpc) is 3.37. The molecule has 29 heavy (non-hydrogen) atoms. The fourth-order valence-electron chi connectivity index (χ4n) is 3.00. The molecule has 1 aromatic carbocycles. The predicted molar refractivity (Wildman–Crippen MR) is 110 cm³/mol. The van der Waals surface area contributed by atoms with Crippen LogP contribution in [0.4, 0.5) is 4.39 Å². The van der Waals surface area contributed by atoms with Gasteiger partial charge in [0, 0.05) is 11.8 Å². The van der Waals surface area contributed by atoms with Crippen LogP contribution in [-0.2, 0) is 19.4 Å². The second-order valence-corrected chi connectivity index (χ2v) is 7.63. The molecule has 3 heterocycles. The van der Waals surface area contributed by atoms with Gasteiger partial charge in [-0.1, -0.05) is 12.1 Å². The van der Waals surface area contributed by atoms with Gasteiger partial charge in [0.2, 0.25) is 0 Å². The lowest BCUT2D eigenvalue weighted by Crippen LogP contribution is -2.23. The van der Waals surface area contributed by atoms with E-state index in [0.29, 0.717) is 11.4 Å². The van der Waals surface area contributed by atoms with E-state index in [9.17, 15) is 9.18 Å². The summed E-state index contributed by atoms with van der Waals surface area (Å²) in [7, 11) is 0. The first-order valence-electron chi connectivity index (χ1n) is 9.44. The molecule has 0 aliphatic rings. The molecular formula is C21H20FN5OS. The standard InChI is InChI=1S/C21H20FN5OS/c22-14-9-10-15(23-11-14)12-24-21(28)18-13-29-20(27-18)8-4-3-7-19-25-16-5-1-2-6-17(16)26-19/h1-2,5-6,9-11,13H,3-4,7-8,12H2,(H,24,28)(H,25,26). The lowest BCUT2D eigenvalue weighted by Gasteiger charge is -2.02. The number of H-pyrrole nitrogens is 1. The topological polar surface area (TPSA) is 83.6 Å². The van der Waals surface area contributed by atoms with Gasteiger partial charge in [-0.2, -0.15) is 0 Å². The summed E-state index contributed by atoms with van der Waals surface area (Å²) in [6, 6.07) is 10.9. The molecule has 4 aromatic rings. The van der Waals surface area contributed by atoms with Crippen molar-refractivity contribution >= 4 is 28.3 Å². The number of aromatic amines is 1. The van der Waals surface area contributed by atoms with E-state index < -0.39 is 5.82 Å². The van der Waals surface area contributed by atoms with Crippen molar-refractivity contribution in [3.8, 4) is 0 Å². The maximum Gasteiger partial charge on any atom is 0.271 e. The van der Waals surface area contributed by atoms with E-state index in [1.165, 1.54) is 17.4 Å². The first-order valence-corrected chi connectivity index (χ1v) is 10.3. The van der Waals surface area contributed by atoms with Gasteiger partial charge in [0.05, 0.1) is 34.5 Å². The number of pyridine rings is 1. The molecule has 0 saturated heterocycles. The fourth-order valence-corrected chi connectivity index (χ4v) is 3.82. The number of amides is 1. The maximum absolute atomic E-state index is 12.9. The SMILES string of the molecule is O=C(NCc1ccc(F)cn1)c1csc(CCCCc2nc3ccccc3[nH]2)n1. The Labute approximate surface area is 171 Å². The number of fused-ring (bicyclic) bond motifs is 1. The molecule has 3 aromatic heterocycles. The maximum atomic E-state index is 12.9. The van der Waals surface area contributed by atoms with E-state index in [4.69, 9.17) is 0 Å². The van der Waals surface area contributed by atoms with Crippen molar-refractivity contribution in [3.05, 3.63) is 76.0 Å². The van der Waals surface area contributed by atoms with Crippen LogP contribution < -0.4 is 5.32 Å². The molecule has 8 heteroatoms. The summed E-state index contributed by atoms with van der Waals surface area (Å²) in [6.45, 7) is 0.240. The molecule has 0 radical (unpaired) electrons. The highest BCUT2D eigenvalue weighted by atomic mass is 32.1. The number of aryl methyl sites for hydroxylation is 2. The van der Waals surface area contributed by atoms with Crippen LogP contribution in [0.2, 0.25) is 0 Å². The Morgan fingerprint density at radius 1 is 1.10 bits per heavy atom. The summed E-state index contributed by atoms with van der Waals surface area (Å²) in [4.78, 5) is 28.5. The fraction of sp³-hybridized carbons (Fsp3) is 0.238. The van der Waals surface area contributed by atoms with Crippen molar-refractivity contribution in [1.82, 2.24) is 25.3 Å². The average molecular weight is 409 g/mol. The summed E-state index contributed by atoms with van der Waals surface area (Å²) in [5.41, 5.74) is 3.06. The number of rotatable bonds is 8. The minimum absolute atomic E-state index is 0.240. The highest BCUT2D eigenvalue weighted by molar-refractivity contribution is 7.09. The molecule has 0 atom stereocenters. The number of hydrogen-bond acceptors (Lipinski definition) is 5. The minimum Gasteiger partial charge on any atom is -0.345 e. The third-order valence-corrected chi connectivity index (χ3v) is 5.40. The molecule has 0 bridgehead atoms. The predicted octanol–water partition coefficient (Wildman–Crippen LogP) is 4.05. The number of imidazole rings is 1. The number of nitrogens with zero attached hydrogens (tertiary/aromatic N) is 3. The molecule has 4 rings (SSSR count). The Kier molecular flexibility index (Phi) is 5.90. The van der Waals surface area contributed by atoms with Crippen molar-refractivity contribution in [3.63, 3.8) is 0 Å². The second-order valence-electron chi connectivity index (χ2n) is 6.68. The molecular weight excluding hydrogens is 389 g/mol. The van der Waals surface area contributed by atoms with Crippen molar-refractivity contribution in [1.29, 1.82) is 0 Å². The number of benzene rings is 1. The van der Waals surface area contributed by atoms with Gasteiger partial charge in [0.15, 0.2) is 0 Å². The molecule has 2 N–H and O–H groups in total. The summed E-state index contributed by atoms with van der Waals surface area (Å²) in [5.74, 6) is 0.352. The lowest BCUT2D eigenvalue weighted by molar-refractivity contribution is 0.0946. The monoisotopic (exact) mass is 409 g/mol. The van der Waals surface area contributed by atoms with Crippen molar-refractivity contribution in [2.45, 2.75) is 32.2 Å². The highest BCUT2D eigenvalue weighted by Gasteiger charge is 2.11. The number of carbonyl (C=O) groups excluding carboxylic acids is 1. The van der Waals surface area contributed by atoms with Gasteiger partial charge in [-0.05, 0) is 43.5 Å². The van der Waals surface area contributed by atoms with Crippen LogP contribution in [0, 0.1) is 5.82 Å². The van der Waals surface area contributed by atoms with Crippen LogP contribution in [0.25, 0.3) is 11.0 Å². The quantitative estimate of drug-likeness (QED) is 0.430. The minimum atomic E-state index is -0.399. The third kappa shape index (κ3) is 5.03. The van der Waals surface area contributed by atoms with E-state index in [-0.39, 0.29) is 12.5 Å². The summed E-state index contributed by atoms with van der Waals surface area (Å²) in [6.07, 6.45) is 4.83. The highest BCUT2D eigenvalue weighted by Crippen LogP contribution is 2.15. The Morgan fingerprint density at radius 3 is 2.79 bits per heavy atom. The van der Waals surface area contributed by atoms with Crippen LogP contribution in [0.1, 0.15) is 39.9 Å². The van der Waals surface area contributed by atoms with Crippen LogP contribution in [0.3, 0.4) is 0 Å². The van der Waals surface area contributed by atoms with E-state index >= 15 is 0 Å². The number of nitrogens with one attached hydrogen (secondary N) is 2. The number of unbranched alkanes of at least 4 members (excludes halogenated alkanes) is 1. The number of thiazole rings is 1. The summed E-state index contributed by atoms with van der Waals surface area (Å²) < 4.78 is 12.9. The van der Waals surface area contributed by atoms with Crippen molar-refractivity contribution in [2.75, 3.05) is 0 Å². The first kappa shape index (κ1) is 19.2. The second kappa shape index (κ2) is 8.91. The largest absolute Gasteiger partial charge is 0.345 e. The first-order chi connectivity index (χ1) is 14.2. The van der Waals surface area contributed by atoms with E-state index in [2.05, 4.69) is 25.3 Å². The van der Waals surface area contributed by atoms with E-state index in [0.717, 1.165) is 53.7 Å². The smallest absolute Gasteiger partial charge is 0.271 e. The summed E-state index contributed by atoms with van der Waals surface area (Å²) in [5, 5.41) is 5.47. The molecule has 1 amide bonds. The lowest BCUT2D eigenvalue weighted by atomic mass is 10.2. The zero-order valence-corrected chi connectivity index (χ0v) is 16.5. The van der Waals surface area contributed by atoms with Crippen LogP contribution in [0.5, 0.6) is 0 Å². The molecule has 148 valence electrons. The number of hydrogen-bond donors (Lipinski definition) is 2. The normalized spacial score (nSPS) is 11.1. The molecule has 0 unspecified atom stereocenters. The van der Waals surface area contributed by atoms with Gasteiger partial charge < -0.3 is 10.3 Å². The Morgan fingerprint density at radius 2 is 1.97 bits per heavy atom. The number of carbonyl (C=O) groups is 1. The van der Waals surface area contributed by atoms with Crippen LogP contribution in [-0.4, -0.2) is 25.8 Å². The van der Waals surface area contributed by atoms with Gasteiger partial charge in [-0.3, -0.25) is 9.78 Å². The van der Waals surface area contributed by atoms with Gasteiger partial charge in [0.1, 0.15) is 17.3 Å².